The lowest BCUT2D eigenvalue weighted by Gasteiger charge is -2.32. The molecule has 1 aromatic heterocycles. The fourth-order valence-electron chi connectivity index (χ4n) is 13.2. The summed E-state index contributed by atoms with van der Waals surface area (Å²) in [7, 11) is 0. The average molecular weight is 875 g/mol. The lowest BCUT2D eigenvalue weighted by atomic mass is 9.68. The molecular formula is C67H38S. The van der Waals surface area contributed by atoms with E-state index in [1.54, 1.807) is 0 Å². The first-order valence-corrected chi connectivity index (χ1v) is 24.6. The predicted molar refractivity (Wildman–Crippen MR) is 292 cm³/mol. The molecule has 0 fully saturated rings. The van der Waals surface area contributed by atoms with Crippen LogP contribution < -0.4 is 0 Å². The van der Waals surface area contributed by atoms with Crippen LogP contribution in [0.3, 0.4) is 0 Å². The molecule has 0 amide bonds. The van der Waals surface area contributed by atoms with E-state index in [2.05, 4.69) is 231 Å². The Hall–Kier alpha value is -8.36. The van der Waals surface area contributed by atoms with Crippen LogP contribution >= 0.6 is 11.3 Å². The Kier molecular flexibility index (Phi) is 7.25. The third-order valence-electron chi connectivity index (χ3n) is 15.8. The normalized spacial score (nSPS) is 13.4. The van der Waals surface area contributed by atoms with Crippen molar-refractivity contribution in [1.29, 1.82) is 0 Å². The summed E-state index contributed by atoms with van der Waals surface area (Å²) in [6.45, 7) is 0. The summed E-state index contributed by atoms with van der Waals surface area (Å²) in [6.07, 6.45) is 0. The maximum Gasteiger partial charge on any atom is 0.0737 e. The van der Waals surface area contributed by atoms with E-state index in [4.69, 9.17) is 0 Å². The van der Waals surface area contributed by atoms with E-state index in [0.717, 1.165) is 0 Å². The van der Waals surface area contributed by atoms with Gasteiger partial charge in [0.25, 0.3) is 0 Å². The van der Waals surface area contributed by atoms with Gasteiger partial charge in [-0.25, -0.2) is 0 Å². The average Bonchev–Trinajstić information content (AvgIpc) is 4.03. The molecule has 0 unspecified atom stereocenters. The Morgan fingerprint density at radius 3 is 1.38 bits per heavy atom. The highest BCUT2D eigenvalue weighted by Gasteiger charge is 2.53. The van der Waals surface area contributed by atoms with Gasteiger partial charge in [0.05, 0.1) is 5.41 Å². The topological polar surface area (TPSA) is 0 Å². The minimum atomic E-state index is -0.508. The highest BCUT2D eigenvalue weighted by Crippen LogP contribution is 2.66. The van der Waals surface area contributed by atoms with E-state index < -0.39 is 5.41 Å². The van der Waals surface area contributed by atoms with E-state index in [0.29, 0.717) is 0 Å². The SMILES string of the molecule is c1ccc2c(c1)-c1ccccc1C21c2c(ccc3ccccc23)-c2c1c1ccc(-c3c4ccccc4c(-c4ccc5sc6cc7ccccc7cc6c5c4)c4ccccc34)cc1c1ccccc21. The third kappa shape index (κ3) is 4.64. The van der Waals surface area contributed by atoms with Crippen LogP contribution in [0.4, 0.5) is 0 Å². The number of thiophene rings is 1. The number of hydrogen-bond acceptors (Lipinski definition) is 1. The summed E-state index contributed by atoms with van der Waals surface area (Å²) in [5.74, 6) is 0. The second-order valence-corrected chi connectivity index (χ2v) is 20.0. The van der Waals surface area contributed by atoms with Crippen molar-refractivity contribution in [2.24, 2.45) is 0 Å². The third-order valence-corrected chi connectivity index (χ3v) is 16.9. The smallest absolute Gasteiger partial charge is 0.0737 e. The Balaban J connectivity index is 0.993. The second-order valence-electron chi connectivity index (χ2n) is 19.0. The van der Waals surface area contributed by atoms with Crippen molar-refractivity contribution in [2.45, 2.75) is 5.41 Å². The summed E-state index contributed by atoms with van der Waals surface area (Å²) in [4.78, 5) is 0. The van der Waals surface area contributed by atoms with E-state index in [1.807, 2.05) is 11.3 Å². The van der Waals surface area contributed by atoms with Gasteiger partial charge in [0.2, 0.25) is 0 Å². The minimum Gasteiger partial charge on any atom is -0.135 e. The Bertz CT molecular complexity index is 4460. The number of fused-ring (bicyclic) bond motifs is 23. The molecule has 0 aliphatic heterocycles. The first-order chi connectivity index (χ1) is 33.7. The predicted octanol–water partition coefficient (Wildman–Crippen LogP) is 18.7. The fourth-order valence-corrected chi connectivity index (χ4v) is 14.3. The van der Waals surface area contributed by atoms with Crippen LogP contribution in [0.1, 0.15) is 22.3 Å². The largest absolute Gasteiger partial charge is 0.135 e. The molecule has 0 radical (unpaired) electrons. The highest BCUT2D eigenvalue weighted by molar-refractivity contribution is 7.25. The summed E-state index contributed by atoms with van der Waals surface area (Å²) < 4.78 is 2.65. The quantitative estimate of drug-likeness (QED) is 0.120. The van der Waals surface area contributed by atoms with Crippen LogP contribution in [0.2, 0.25) is 0 Å². The maximum atomic E-state index is 2.53. The van der Waals surface area contributed by atoms with Gasteiger partial charge in [-0.2, -0.15) is 0 Å². The van der Waals surface area contributed by atoms with Crippen LogP contribution in [0.25, 0.3) is 129 Å². The lowest BCUT2D eigenvalue weighted by Crippen LogP contribution is -2.26. The van der Waals surface area contributed by atoms with Gasteiger partial charge in [-0.15, -0.1) is 11.3 Å². The number of benzene rings is 13. The minimum absolute atomic E-state index is 0.508. The first-order valence-electron chi connectivity index (χ1n) is 23.7. The van der Waals surface area contributed by atoms with E-state index >= 15 is 0 Å². The Morgan fingerprint density at radius 2 is 0.735 bits per heavy atom. The lowest BCUT2D eigenvalue weighted by molar-refractivity contribution is 0.809. The molecule has 312 valence electrons. The van der Waals surface area contributed by atoms with Gasteiger partial charge in [-0.05, 0) is 162 Å². The van der Waals surface area contributed by atoms with Crippen LogP contribution in [0.5, 0.6) is 0 Å². The van der Waals surface area contributed by atoms with Crippen LogP contribution in [0, 0.1) is 0 Å². The summed E-state index contributed by atoms with van der Waals surface area (Å²) in [5.41, 5.74) is 15.4. The summed E-state index contributed by atoms with van der Waals surface area (Å²) in [5, 5.41) is 18.1. The molecule has 0 bridgehead atoms. The molecule has 0 nitrogen and oxygen atoms in total. The Morgan fingerprint density at radius 1 is 0.250 bits per heavy atom. The molecule has 1 spiro atoms. The molecule has 68 heavy (non-hydrogen) atoms. The van der Waals surface area contributed by atoms with Gasteiger partial charge in [0.1, 0.15) is 0 Å². The molecular weight excluding hydrogens is 837 g/mol. The van der Waals surface area contributed by atoms with Gasteiger partial charge in [0, 0.05) is 20.2 Å². The van der Waals surface area contributed by atoms with Crippen LogP contribution in [0.15, 0.2) is 231 Å². The zero-order valence-corrected chi connectivity index (χ0v) is 37.7. The van der Waals surface area contributed by atoms with Gasteiger partial charge in [0.15, 0.2) is 0 Å². The highest BCUT2D eigenvalue weighted by atomic mass is 32.1. The van der Waals surface area contributed by atoms with E-state index in [-0.39, 0.29) is 0 Å². The zero-order chi connectivity index (χ0) is 44.2. The molecule has 0 saturated heterocycles. The fraction of sp³-hybridized carbons (Fsp3) is 0.0149. The van der Waals surface area contributed by atoms with Gasteiger partial charge in [-0.1, -0.05) is 200 Å². The maximum absolute atomic E-state index is 2.53. The Labute approximate surface area is 396 Å². The molecule has 13 aromatic carbocycles. The molecule has 2 aliphatic carbocycles. The summed E-state index contributed by atoms with van der Waals surface area (Å²) in [6, 6.07) is 87.7. The molecule has 16 rings (SSSR count). The zero-order valence-electron chi connectivity index (χ0n) is 36.8. The van der Waals surface area contributed by atoms with Crippen molar-refractivity contribution < 1.29 is 0 Å². The molecule has 1 heterocycles. The van der Waals surface area contributed by atoms with Crippen molar-refractivity contribution in [2.75, 3.05) is 0 Å². The molecule has 2 aliphatic rings. The molecule has 1 heteroatoms. The standard InChI is InChI=1S/C67H38S/c1-2-17-41-38-61-57(35-40(41)16-1)56-37-43(31-34-60(56)68-61)63-51-25-9-7-23-49(51)62(50-24-8-10-26-52(50)63)42-30-32-53-55(36-42)45-19-5-6-22-48(45)64-54-33-29-39-15-3-4-18-44(39)65(54)67(66(53)64)58-27-13-11-20-46(58)47-21-12-14-28-59(47)67/h1-38H. The summed E-state index contributed by atoms with van der Waals surface area (Å²) >= 11 is 1.89. The second kappa shape index (κ2) is 13.4. The van der Waals surface area contributed by atoms with Gasteiger partial charge >= 0.3 is 0 Å². The van der Waals surface area contributed by atoms with Gasteiger partial charge < -0.3 is 0 Å². The molecule has 14 aromatic rings. The van der Waals surface area contributed by atoms with Crippen LogP contribution in [-0.4, -0.2) is 0 Å². The van der Waals surface area contributed by atoms with E-state index in [9.17, 15) is 0 Å². The molecule has 0 N–H and O–H groups in total. The van der Waals surface area contributed by atoms with Gasteiger partial charge in [-0.3, -0.25) is 0 Å². The molecule has 0 atom stereocenters. The van der Waals surface area contributed by atoms with E-state index in [1.165, 1.54) is 152 Å². The monoisotopic (exact) mass is 874 g/mol. The number of rotatable bonds is 2. The van der Waals surface area contributed by atoms with Crippen molar-refractivity contribution in [3.8, 4) is 44.5 Å². The number of hydrogen-bond donors (Lipinski definition) is 0. The van der Waals surface area contributed by atoms with Crippen LogP contribution in [-0.2, 0) is 5.41 Å². The van der Waals surface area contributed by atoms with Crippen molar-refractivity contribution in [3.05, 3.63) is 253 Å². The van der Waals surface area contributed by atoms with Crippen molar-refractivity contribution in [1.82, 2.24) is 0 Å². The van der Waals surface area contributed by atoms with Crippen molar-refractivity contribution in [3.63, 3.8) is 0 Å². The van der Waals surface area contributed by atoms with Crippen molar-refractivity contribution >= 4 is 96.1 Å². The first kappa shape index (κ1) is 36.8. The molecule has 0 saturated carbocycles.